The molecule has 1 aromatic heterocycles. The van der Waals surface area contributed by atoms with Crippen molar-refractivity contribution in [1.29, 1.82) is 0 Å². The summed E-state index contributed by atoms with van der Waals surface area (Å²) in [5.41, 5.74) is 0. The lowest BCUT2D eigenvalue weighted by molar-refractivity contribution is 0.705. The van der Waals surface area contributed by atoms with Crippen molar-refractivity contribution in [1.82, 2.24) is 20.1 Å². The Labute approximate surface area is 72.4 Å². The first-order valence-electron chi connectivity index (χ1n) is 3.87. The molecule has 0 aliphatic heterocycles. The van der Waals surface area contributed by atoms with Gasteiger partial charge >= 0.3 is 0 Å². The van der Waals surface area contributed by atoms with E-state index in [-0.39, 0.29) is 0 Å². The number of nitrogens with zero attached hydrogens (tertiary/aromatic N) is 4. The van der Waals surface area contributed by atoms with Gasteiger partial charge in [0.15, 0.2) is 0 Å². The smallest absolute Gasteiger partial charge is 0.226 e. The summed E-state index contributed by atoms with van der Waals surface area (Å²) in [6.45, 7) is 0.747. The van der Waals surface area contributed by atoms with Crippen LogP contribution in [-0.2, 0) is 13.6 Å². The predicted molar refractivity (Wildman–Crippen MR) is 48.1 cm³/mol. The largest absolute Gasteiger partial charge is 0.347 e. The van der Waals surface area contributed by atoms with Crippen LogP contribution in [-0.4, -0.2) is 35.9 Å². The fourth-order valence-electron chi connectivity index (χ4n) is 1.05. The lowest BCUT2D eigenvalue weighted by atomic mass is 10.6. The van der Waals surface area contributed by atoms with E-state index in [0.29, 0.717) is 0 Å². The number of aromatic nitrogens is 3. The Morgan fingerprint density at radius 3 is 2.50 bits per heavy atom. The second kappa shape index (κ2) is 3.53. The molecule has 0 saturated carbocycles. The lowest BCUT2D eigenvalue weighted by Gasteiger charge is -2.10. The van der Waals surface area contributed by atoms with E-state index in [4.69, 9.17) is 0 Å². The Morgan fingerprint density at radius 1 is 1.42 bits per heavy atom. The van der Waals surface area contributed by atoms with Gasteiger partial charge in [-0.05, 0) is 7.05 Å². The fourth-order valence-corrected chi connectivity index (χ4v) is 1.05. The molecule has 0 atom stereocenters. The first-order chi connectivity index (χ1) is 5.66. The molecule has 0 radical (unpaired) electrons. The maximum Gasteiger partial charge on any atom is 0.226 e. The first kappa shape index (κ1) is 8.99. The molecular formula is C7H15N5. The molecule has 5 heteroatoms. The van der Waals surface area contributed by atoms with Gasteiger partial charge < -0.3 is 10.2 Å². The summed E-state index contributed by atoms with van der Waals surface area (Å²) in [6, 6.07) is 0. The summed E-state index contributed by atoms with van der Waals surface area (Å²) in [4.78, 5) is 1.94. The molecule has 12 heavy (non-hydrogen) atoms. The van der Waals surface area contributed by atoms with Gasteiger partial charge in [-0.25, -0.2) is 0 Å². The van der Waals surface area contributed by atoms with Gasteiger partial charge in [0.1, 0.15) is 5.82 Å². The minimum Gasteiger partial charge on any atom is -0.347 e. The van der Waals surface area contributed by atoms with Crippen LogP contribution in [0.4, 0.5) is 5.95 Å². The van der Waals surface area contributed by atoms with E-state index in [1.165, 1.54) is 0 Å². The van der Waals surface area contributed by atoms with Crippen LogP contribution < -0.4 is 10.2 Å². The summed E-state index contributed by atoms with van der Waals surface area (Å²) >= 11 is 0. The number of anilines is 1. The third kappa shape index (κ3) is 1.55. The quantitative estimate of drug-likeness (QED) is 0.669. The van der Waals surface area contributed by atoms with E-state index in [9.17, 15) is 0 Å². The summed E-state index contributed by atoms with van der Waals surface area (Å²) in [5.74, 6) is 1.82. The molecule has 0 aliphatic rings. The van der Waals surface area contributed by atoms with Crippen molar-refractivity contribution in [2.45, 2.75) is 6.54 Å². The van der Waals surface area contributed by atoms with Gasteiger partial charge in [0, 0.05) is 21.1 Å². The van der Waals surface area contributed by atoms with E-state index in [0.717, 1.165) is 18.3 Å². The van der Waals surface area contributed by atoms with Crippen molar-refractivity contribution in [3.8, 4) is 0 Å². The van der Waals surface area contributed by atoms with Gasteiger partial charge in [0.05, 0.1) is 6.54 Å². The summed E-state index contributed by atoms with van der Waals surface area (Å²) in [6.07, 6.45) is 0. The van der Waals surface area contributed by atoms with Crippen LogP contribution in [0, 0.1) is 0 Å². The van der Waals surface area contributed by atoms with Gasteiger partial charge in [-0.2, -0.15) is 0 Å². The molecule has 5 nitrogen and oxygen atoms in total. The molecule has 0 spiro atoms. The maximum absolute atomic E-state index is 4.04. The van der Waals surface area contributed by atoms with Crippen LogP contribution in [0.5, 0.6) is 0 Å². The highest BCUT2D eigenvalue weighted by Gasteiger charge is 2.07. The zero-order valence-electron chi connectivity index (χ0n) is 8.00. The monoisotopic (exact) mass is 169 g/mol. The van der Waals surface area contributed by atoms with Crippen molar-refractivity contribution in [2.75, 3.05) is 26.0 Å². The lowest BCUT2D eigenvalue weighted by Crippen LogP contribution is -2.16. The normalized spacial score (nSPS) is 10.3. The summed E-state index contributed by atoms with van der Waals surface area (Å²) in [5, 5.41) is 11.1. The fraction of sp³-hybridized carbons (Fsp3) is 0.714. The molecular weight excluding hydrogens is 154 g/mol. The minimum atomic E-state index is 0.747. The summed E-state index contributed by atoms with van der Waals surface area (Å²) < 4.78 is 1.97. The van der Waals surface area contributed by atoms with Crippen LogP contribution >= 0.6 is 0 Å². The third-order valence-corrected chi connectivity index (χ3v) is 1.68. The number of hydrogen-bond donors (Lipinski definition) is 1. The molecule has 0 bridgehead atoms. The van der Waals surface area contributed by atoms with Crippen LogP contribution in [0.1, 0.15) is 5.82 Å². The average molecular weight is 169 g/mol. The van der Waals surface area contributed by atoms with Gasteiger partial charge in [-0.1, -0.05) is 0 Å². The van der Waals surface area contributed by atoms with Crippen LogP contribution in [0.2, 0.25) is 0 Å². The van der Waals surface area contributed by atoms with E-state index in [2.05, 4.69) is 15.5 Å². The Hall–Kier alpha value is -1.10. The molecule has 1 rings (SSSR count). The van der Waals surface area contributed by atoms with Crippen molar-refractivity contribution in [2.24, 2.45) is 7.05 Å². The molecule has 1 heterocycles. The standard InChI is InChI=1S/C7H15N5/c1-8-5-6-9-10-7(11(2)3)12(6)4/h8H,5H2,1-4H3. The zero-order chi connectivity index (χ0) is 9.14. The van der Waals surface area contributed by atoms with Crippen LogP contribution in [0.25, 0.3) is 0 Å². The topological polar surface area (TPSA) is 46.0 Å². The Kier molecular flexibility index (Phi) is 2.65. The number of rotatable bonds is 3. The number of hydrogen-bond acceptors (Lipinski definition) is 4. The van der Waals surface area contributed by atoms with Crippen LogP contribution in [0.15, 0.2) is 0 Å². The molecule has 0 fully saturated rings. The van der Waals surface area contributed by atoms with Crippen molar-refractivity contribution in [3.05, 3.63) is 5.82 Å². The molecule has 68 valence electrons. The highest BCUT2D eigenvalue weighted by Crippen LogP contribution is 2.06. The molecule has 0 amide bonds. The van der Waals surface area contributed by atoms with Gasteiger partial charge in [0.2, 0.25) is 5.95 Å². The highest BCUT2D eigenvalue weighted by atomic mass is 15.4. The highest BCUT2D eigenvalue weighted by molar-refractivity contribution is 5.27. The first-order valence-corrected chi connectivity index (χ1v) is 3.87. The Morgan fingerprint density at radius 2 is 2.08 bits per heavy atom. The van der Waals surface area contributed by atoms with E-state index in [1.54, 1.807) is 0 Å². The summed E-state index contributed by atoms with van der Waals surface area (Å²) in [7, 11) is 7.76. The molecule has 1 N–H and O–H groups in total. The molecule has 0 aromatic carbocycles. The zero-order valence-corrected chi connectivity index (χ0v) is 8.00. The Balaban J connectivity index is 2.88. The second-order valence-electron chi connectivity index (χ2n) is 2.90. The van der Waals surface area contributed by atoms with Crippen molar-refractivity contribution >= 4 is 5.95 Å². The molecule has 0 unspecified atom stereocenters. The van der Waals surface area contributed by atoms with Crippen LogP contribution in [0.3, 0.4) is 0 Å². The average Bonchev–Trinajstić information content (AvgIpc) is 2.34. The molecule has 1 aromatic rings. The maximum atomic E-state index is 4.04. The van der Waals surface area contributed by atoms with E-state index >= 15 is 0 Å². The number of nitrogens with one attached hydrogen (secondary N) is 1. The van der Waals surface area contributed by atoms with E-state index in [1.807, 2.05) is 37.7 Å². The van der Waals surface area contributed by atoms with Gasteiger partial charge in [-0.15, -0.1) is 10.2 Å². The molecule has 0 aliphatic carbocycles. The molecule has 0 saturated heterocycles. The minimum absolute atomic E-state index is 0.747. The third-order valence-electron chi connectivity index (χ3n) is 1.68. The predicted octanol–water partition coefficient (Wildman–Crippen LogP) is -0.399. The van der Waals surface area contributed by atoms with Crippen molar-refractivity contribution < 1.29 is 0 Å². The van der Waals surface area contributed by atoms with Gasteiger partial charge in [0.25, 0.3) is 0 Å². The van der Waals surface area contributed by atoms with Gasteiger partial charge in [-0.3, -0.25) is 4.57 Å². The second-order valence-corrected chi connectivity index (χ2v) is 2.90. The SMILES string of the molecule is CNCc1nnc(N(C)C)n1C. The Bertz CT molecular complexity index is 252. The van der Waals surface area contributed by atoms with Crippen molar-refractivity contribution in [3.63, 3.8) is 0 Å². The van der Waals surface area contributed by atoms with E-state index < -0.39 is 0 Å².